The molecule has 6 heteroatoms. The number of aromatic nitrogens is 1. The molecule has 2 aromatic rings. The second-order valence-corrected chi connectivity index (χ2v) is 7.68. The summed E-state index contributed by atoms with van der Waals surface area (Å²) in [5.41, 5.74) is 6.52. The van der Waals surface area contributed by atoms with Gasteiger partial charge in [0.15, 0.2) is 0 Å². The van der Waals surface area contributed by atoms with E-state index in [-0.39, 0.29) is 5.91 Å². The Morgan fingerprint density at radius 2 is 1.97 bits per heavy atom. The molecule has 0 unspecified atom stereocenters. The monoisotopic (exact) mass is 399 g/mol. The van der Waals surface area contributed by atoms with E-state index in [1.807, 2.05) is 0 Å². The lowest BCUT2D eigenvalue weighted by Crippen LogP contribution is -2.36. The molecule has 1 N–H and O–H groups in total. The summed E-state index contributed by atoms with van der Waals surface area (Å²) in [5, 5.41) is 3.07. The number of carbonyl (C=O) groups is 1. The highest BCUT2D eigenvalue weighted by Gasteiger charge is 2.26. The molecule has 6 nitrogen and oxygen atoms in total. The molecule has 0 spiro atoms. The van der Waals surface area contributed by atoms with Crippen molar-refractivity contribution in [2.75, 3.05) is 51.5 Å². The molecule has 1 aromatic heterocycles. The summed E-state index contributed by atoms with van der Waals surface area (Å²) in [6, 6.07) is 8.48. The highest BCUT2D eigenvalue weighted by Crippen LogP contribution is 2.32. The van der Waals surface area contributed by atoms with E-state index in [1.165, 1.54) is 16.8 Å². The lowest BCUT2D eigenvalue weighted by Gasteiger charge is -2.29. The Balaban J connectivity index is 1.95. The molecule has 0 bridgehead atoms. The molecule has 0 saturated carbocycles. The standard InChI is InChI=1S/C23H33N3O3/c1-17-7-5-8-20(15-17)16-26-19(3)21(25-10-13-29-14-11-25)18(2)22(26)23(27)24-9-6-12-28-4/h5,7-8,15H,6,9-14,16H2,1-4H3,(H,24,27). The van der Waals surface area contributed by atoms with Gasteiger partial charge in [-0.05, 0) is 32.8 Å². The van der Waals surface area contributed by atoms with Crippen molar-refractivity contribution in [3.63, 3.8) is 0 Å². The topological polar surface area (TPSA) is 55.7 Å². The smallest absolute Gasteiger partial charge is 0.268 e. The van der Waals surface area contributed by atoms with Crippen molar-refractivity contribution >= 4 is 11.6 Å². The molecule has 0 radical (unpaired) electrons. The predicted octanol–water partition coefficient (Wildman–Crippen LogP) is 3.06. The minimum Gasteiger partial charge on any atom is -0.385 e. The van der Waals surface area contributed by atoms with Gasteiger partial charge in [0, 0.05) is 51.2 Å². The molecule has 1 saturated heterocycles. The predicted molar refractivity (Wildman–Crippen MR) is 116 cm³/mol. The number of benzene rings is 1. The Morgan fingerprint density at radius 3 is 2.66 bits per heavy atom. The minimum absolute atomic E-state index is 0.0196. The van der Waals surface area contributed by atoms with Crippen LogP contribution in [0, 0.1) is 20.8 Å². The maximum Gasteiger partial charge on any atom is 0.268 e. The molecule has 1 fully saturated rings. The van der Waals surface area contributed by atoms with Crippen molar-refractivity contribution in [1.29, 1.82) is 0 Å². The molecule has 0 atom stereocenters. The minimum atomic E-state index is -0.0196. The Bertz CT molecular complexity index is 838. The van der Waals surface area contributed by atoms with Crippen molar-refractivity contribution in [3.8, 4) is 0 Å². The lowest BCUT2D eigenvalue weighted by molar-refractivity contribution is 0.0939. The SMILES string of the molecule is COCCCNC(=O)c1c(C)c(N2CCOCC2)c(C)n1Cc1cccc(C)c1. The lowest BCUT2D eigenvalue weighted by atomic mass is 10.1. The first-order valence-electron chi connectivity index (χ1n) is 10.4. The van der Waals surface area contributed by atoms with Gasteiger partial charge in [-0.25, -0.2) is 0 Å². The molecule has 0 aliphatic carbocycles. The number of hydrogen-bond acceptors (Lipinski definition) is 4. The molecule has 1 aromatic carbocycles. The van der Waals surface area contributed by atoms with Gasteiger partial charge in [-0.3, -0.25) is 4.79 Å². The second kappa shape index (κ2) is 9.94. The second-order valence-electron chi connectivity index (χ2n) is 7.68. The summed E-state index contributed by atoms with van der Waals surface area (Å²) in [4.78, 5) is 15.5. The van der Waals surface area contributed by atoms with Crippen LogP contribution in [0.15, 0.2) is 24.3 Å². The van der Waals surface area contributed by atoms with Gasteiger partial charge in [-0.15, -0.1) is 0 Å². The van der Waals surface area contributed by atoms with E-state index in [1.54, 1.807) is 7.11 Å². The summed E-state index contributed by atoms with van der Waals surface area (Å²) < 4.78 is 12.8. The summed E-state index contributed by atoms with van der Waals surface area (Å²) in [7, 11) is 1.68. The number of ether oxygens (including phenoxy) is 2. The molecular formula is C23H33N3O3. The van der Waals surface area contributed by atoms with E-state index in [9.17, 15) is 4.79 Å². The fourth-order valence-corrected chi connectivity index (χ4v) is 4.12. The van der Waals surface area contributed by atoms with E-state index in [4.69, 9.17) is 9.47 Å². The third-order valence-corrected chi connectivity index (χ3v) is 5.50. The van der Waals surface area contributed by atoms with Crippen LogP contribution in [-0.4, -0.2) is 57.0 Å². The Kier molecular flexibility index (Phi) is 7.34. The van der Waals surface area contributed by atoms with Crippen molar-refractivity contribution in [2.24, 2.45) is 0 Å². The molecule has 158 valence electrons. The maximum atomic E-state index is 13.1. The molecule has 1 amide bonds. The average Bonchev–Trinajstić information content (AvgIpc) is 2.95. The van der Waals surface area contributed by atoms with Crippen LogP contribution < -0.4 is 10.2 Å². The number of morpholine rings is 1. The zero-order valence-electron chi connectivity index (χ0n) is 18.1. The highest BCUT2D eigenvalue weighted by atomic mass is 16.5. The zero-order valence-corrected chi connectivity index (χ0v) is 18.1. The van der Waals surface area contributed by atoms with Crippen molar-refractivity contribution < 1.29 is 14.3 Å². The Labute approximate surface area is 173 Å². The van der Waals surface area contributed by atoms with Gasteiger partial charge in [0.25, 0.3) is 5.91 Å². The van der Waals surface area contributed by atoms with Gasteiger partial charge in [0.1, 0.15) is 5.69 Å². The van der Waals surface area contributed by atoms with Crippen LogP contribution in [0.2, 0.25) is 0 Å². The van der Waals surface area contributed by atoms with E-state index in [0.29, 0.717) is 19.7 Å². The average molecular weight is 400 g/mol. The number of anilines is 1. The van der Waals surface area contributed by atoms with Crippen molar-refractivity contribution in [1.82, 2.24) is 9.88 Å². The largest absolute Gasteiger partial charge is 0.385 e. The fraction of sp³-hybridized carbons (Fsp3) is 0.522. The summed E-state index contributed by atoms with van der Waals surface area (Å²) in [6.45, 7) is 11.4. The molecule has 2 heterocycles. The molecule has 1 aliphatic heterocycles. The number of carbonyl (C=O) groups excluding carboxylic acids is 1. The Hall–Kier alpha value is -2.31. The van der Waals surface area contributed by atoms with Crippen LogP contribution in [0.5, 0.6) is 0 Å². The van der Waals surface area contributed by atoms with E-state index in [0.717, 1.165) is 49.7 Å². The van der Waals surface area contributed by atoms with E-state index < -0.39 is 0 Å². The zero-order chi connectivity index (χ0) is 20.8. The van der Waals surface area contributed by atoms with Crippen LogP contribution in [-0.2, 0) is 16.0 Å². The van der Waals surface area contributed by atoms with Crippen LogP contribution in [0.25, 0.3) is 0 Å². The van der Waals surface area contributed by atoms with E-state index in [2.05, 4.69) is 59.8 Å². The van der Waals surface area contributed by atoms with Gasteiger partial charge in [-0.1, -0.05) is 29.8 Å². The number of rotatable bonds is 8. The van der Waals surface area contributed by atoms with E-state index >= 15 is 0 Å². The number of aryl methyl sites for hydroxylation is 1. The van der Waals surface area contributed by atoms with Gasteiger partial charge in [0.2, 0.25) is 0 Å². The van der Waals surface area contributed by atoms with Crippen LogP contribution in [0.4, 0.5) is 5.69 Å². The third kappa shape index (κ3) is 5.00. The van der Waals surface area contributed by atoms with Crippen LogP contribution in [0.3, 0.4) is 0 Å². The number of hydrogen-bond donors (Lipinski definition) is 1. The molecule has 3 rings (SSSR count). The van der Waals surface area contributed by atoms with Gasteiger partial charge < -0.3 is 24.3 Å². The fourth-order valence-electron chi connectivity index (χ4n) is 4.12. The van der Waals surface area contributed by atoms with Crippen molar-refractivity contribution in [3.05, 3.63) is 52.3 Å². The summed E-state index contributed by atoms with van der Waals surface area (Å²) in [5.74, 6) is -0.0196. The number of nitrogens with one attached hydrogen (secondary N) is 1. The van der Waals surface area contributed by atoms with Gasteiger partial charge in [0.05, 0.1) is 18.9 Å². The van der Waals surface area contributed by atoms with Gasteiger partial charge in [-0.2, -0.15) is 0 Å². The normalized spacial score (nSPS) is 14.3. The first-order valence-corrected chi connectivity index (χ1v) is 10.4. The third-order valence-electron chi connectivity index (χ3n) is 5.50. The first kappa shape index (κ1) is 21.4. The van der Waals surface area contributed by atoms with Crippen molar-refractivity contribution in [2.45, 2.75) is 33.7 Å². The van der Waals surface area contributed by atoms with Crippen LogP contribution in [0.1, 0.15) is 39.3 Å². The summed E-state index contributed by atoms with van der Waals surface area (Å²) >= 11 is 0. The number of methoxy groups -OCH3 is 1. The maximum absolute atomic E-state index is 13.1. The molecule has 1 aliphatic rings. The van der Waals surface area contributed by atoms with Gasteiger partial charge >= 0.3 is 0 Å². The molecular weight excluding hydrogens is 366 g/mol. The number of amides is 1. The number of nitrogens with zero attached hydrogens (tertiary/aromatic N) is 2. The first-order chi connectivity index (χ1) is 14.0. The molecule has 29 heavy (non-hydrogen) atoms. The van der Waals surface area contributed by atoms with Crippen LogP contribution >= 0.6 is 0 Å². The highest BCUT2D eigenvalue weighted by molar-refractivity contribution is 5.96. The quantitative estimate of drug-likeness (QED) is 0.693. The Morgan fingerprint density at radius 1 is 1.21 bits per heavy atom. The summed E-state index contributed by atoms with van der Waals surface area (Å²) in [6.07, 6.45) is 0.801.